The van der Waals surface area contributed by atoms with Crippen LogP contribution in [0.15, 0.2) is 29.4 Å². The highest BCUT2D eigenvalue weighted by Gasteiger charge is 2.13. The van der Waals surface area contributed by atoms with Gasteiger partial charge in [-0.15, -0.1) is 10.2 Å². The number of amides is 1. The molecule has 0 aliphatic carbocycles. The van der Waals surface area contributed by atoms with Crippen LogP contribution in [0, 0.1) is 0 Å². The van der Waals surface area contributed by atoms with E-state index in [1.807, 2.05) is 26.0 Å². The van der Waals surface area contributed by atoms with E-state index >= 15 is 0 Å². The zero-order valence-electron chi connectivity index (χ0n) is 14.2. The molecule has 0 aliphatic heterocycles. The lowest BCUT2D eigenvalue weighted by molar-refractivity contribution is -0.118. The SMILES string of the molecule is CC(C)OCCCNC(=O)CSc1nnc(-c2ccc(Cl)cc2)n1N. The van der Waals surface area contributed by atoms with E-state index in [-0.39, 0.29) is 17.8 Å². The van der Waals surface area contributed by atoms with Crippen molar-refractivity contribution in [3.8, 4) is 11.4 Å². The van der Waals surface area contributed by atoms with Crippen LogP contribution in [-0.4, -0.2) is 45.8 Å². The van der Waals surface area contributed by atoms with Crippen LogP contribution < -0.4 is 11.2 Å². The lowest BCUT2D eigenvalue weighted by Gasteiger charge is -2.08. The summed E-state index contributed by atoms with van der Waals surface area (Å²) in [7, 11) is 0. The molecule has 2 rings (SSSR count). The number of halogens is 1. The highest BCUT2D eigenvalue weighted by atomic mass is 35.5. The summed E-state index contributed by atoms with van der Waals surface area (Å²) in [4.78, 5) is 11.9. The average Bonchev–Trinajstić information content (AvgIpc) is 2.94. The number of nitrogens with two attached hydrogens (primary N) is 1. The van der Waals surface area contributed by atoms with E-state index in [0.717, 1.165) is 12.0 Å². The zero-order valence-corrected chi connectivity index (χ0v) is 15.8. The van der Waals surface area contributed by atoms with Gasteiger partial charge in [0.05, 0.1) is 11.9 Å². The van der Waals surface area contributed by atoms with Crippen molar-refractivity contribution in [1.82, 2.24) is 20.2 Å². The molecule has 1 aromatic carbocycles. The van der Waals surface area contributed by atoms with Crippen molar-refractivity contribution < 1.29 is 9.53 Å². The number of nitrogens with one attached hydrogen (secondary N) is 1. The molecule has 136 valence electrons. The number of benzene rings is 1. The van der Waals surface area contributed by atoms with E-state index in [1.165, 1.54) is 16.4 Å². The Hall–Kier alpha value is -1.77. The molecule has 1 heterocycles. The second kappa shape index (κ2) is 9.65. The molecule has 0 fully saturated rings. The van der Waals surface area contributed by atoms with Crippen molar-refractivity contribution in [2.75, 3.05) is 24.7 Å². The molecule has 0 radical (unpaired) electrons. The molecule has 9 heteroatoms. The summed E-state index contributed by atoms with van der Waals surface area (Å²) < 4.78 is 6.79. The molecule has 0 saturated carbocycles. The Morgan fingerprint density at radius 1 is 1.36 bits per heavy atom. The molecular formula is C16H22ClN5O2S. The molecule has 3 N–H and O–H groups in total. The fourth-order valence-corrected chi connectivity index (χ4v) is 2.78. The Kier molecular flexibility index (Phi) is 7.54. The summed E-state index contributed by atoms with van der Waals surface area (Å²) in [6.07, 6.45) is 0.986. The first-order valence-electron chi connectivity index (χ1n) is 7.95. The summed E-state index contributed by atoms with van der Waals surface area (Å²) in [5.74, 6) is 6.68. The number of ether oxygens (including phenoxy) is 1. The summed E-state index contributed by atoms with van der Waals surface area (Å²) >= 11 is 7.11. The smallest absolute Gasteiger partial charge is 0.230 e. The molecule has 0 aliphatic rings. The van der Waals surface area contributed by atoms with Gasteiger partial charge >= 0.3 is 0 Å². The van der Waals surface area contributed by atoms with Gasteiger partial charge in [-0.3, -0.25) is 4.79 Å². The van der Waals surface area contributed by atoms with Gasteiger partial charge in [0.1, 0.15) is 0 Å². The van der Waals surface area contributed by atoms with E-state index < -0.39 is 0 Å². The van der Waals surface area contributed by atoms with Crippen LogP contribution in [0.5, 0.6) is 0 Å². The maximum absolute atomic E-state index is 11.9. The second-order valence-electron chi connectivity index (χ2n) is 5.59. The van der Waals surface area contributed by atoms with Gasteiger partial charge < -0.3 is 15.9 Å². The molecule has 1 amide bonds. The van der Waals surface area contributed by atoms with Gasteiger partial charge in [-0.2, -0.15) is 0 Å². The first-order valence-corrected chi connectivity index (χ1v) is 9.31. The Balaban J connectivity index is 1.79. The number of nitrogens with zero attached hydrogens (tertiary/aromatic N) is 3. The standard InChI is InChI=1S/C16H22ClN5O2S/c1-11(2)24-9-3-8-19-14(23)10-25-16-21-20-15(22(16)18)12-4-6-13(17)7-5-12/h4-7,11H,3,8-10,18H2,1-2H3,(H,19,23). The number of nitrogen functional groups attached to an aromatic ring is 1. The zero-order chi connectivity index (χ0) is 18.2. The third kappa shape index (κ3) is 6.22. The Morgan fingerprint density at radius 2 is 2.08 bits per heavy atom. The predicted molar refractivity (Wildman–Crippen MR) is 100 cm³/mol. The van der Waals surface area contributed by atoms with Crippen molar-refractivity contribution in [3.63, 3.8) is 0 Å². The van der Waals surface area contributed by atoms with E-state index in [1.54, 1.807) is 12.1 Å². The van der Waals surface area contributed by atoms with Crippen LogP contribution in [-0.2, 0) is 9.53 Å². The number of hydrogen-bond donors (Lipinski definition) is 2. The monoisotopic (exact) mass is 383 g/mol. The van der Waals surface area contributed by atoms with Gasteiger partial charge in [-0.1, -0.05) is 23.4 Å². The minimum Gasteiger partial charge on any atom is -0.379 e. The normalized spacial score (nSPS) is 11.0. The van der Waals surface area contributed by atoms with Gasteiger partial charge in [0.15, 0.2) is 5.82 Å². The van der Waals surface area contributed by atoms with Crippen LogP contribution in [0.1, 0.15) is 20.3 Å². The molecule has 25 heavy (non-hydrogen) atoms. The van der Waals surface area contributed by atoms with E-state index in [9.17, 15) is 4.79 Å². The molecule has 7 nitrogen and oxygen atoms in total. The third-order valence-corrected chi connectivity index (χ3v) is 4.39. The van der Waals surface area contributed by atoms with Crippen molar-refractivity contribution >= 4 is 29.3 Å². The fourth-order valence-electron chi connectivity index (χ4n) is 1.97. The minimum absolute atomic E-state index is 0.0782. The van der Waals surface area contributed by atoms with Gasteiger partial charge in [-0.05, 0) is 44.5 Å². The number of rotatable bonds is 9. The van der Waals surface area contributed by atoms with Crippen LogP contribution in [0.3, 0.4) is 0 Å². The summed E-state index contributed by atoms with van der Waals surface area (Å²) in [5.41, 5.74) is 0.806. The van der Waals surface area contributed by atoms with Crippen LogP contribution in [0.4, 0.5) is 0 Å². The van der Waals surface area contributed by atoms with Crippen molar-refractivity contribution in [3.05, 3.63) is 29.3 Å². The topological polar surface area (TPSA) is 95.1 Å². The molecule has 0 spiro atoms. The Labute approximate surface area is 156 Å². The third-order valence-electron chi connectivity index (χ3n) is 3.19. The summed E-state index contributed by atoms with van der Waals surface area (Å²) in [6, 6.07) is 7.15. The predicted octanol–water partition coefficient (Wildman–Crippen LogP) is 2.34. The average molecular weight is 384 g/mol. The molecule has 0 bridgehead atoms. The maximum atomic E-state index is 11.9. The highest BCUT2D eigenvalue weighted by molar-refractivity contribution is 7.99. The summed E-state index contributed by atoms with van der Waals surface area (Å²) in [5, 5.41) is 12.1. The highest BCUT2D eigenvalue weighted by Crippen LogP contribution is 2.22. The van der Waals surface area contributed by atoms with Crippen LogP contribution in [0.25, 0.3) is 11.4 Å². The molecule has 2 aromatic rings. The van der Waals surface area contributed by atoms with E-state index in [0.29, 0.717) is 29.2 Å². The van der Waals surface area contributed by atoms with Crippen molar-refractivity contribution in [2.45, 2.75) is 31.5 Å². The molecule has 0 unspecified atom stereocenters. The fraction of sp³-hybridized carbons (Fsp3) is 0.438. The number of carbonyl (C=O) groups excluding carboxylic acids is 1. The lowest BCUT2D eigenvalue weighted by Crippen LogP contribution is -2.27. The van der Waals surface area contributed by atoms with Gasteiger partial charge in [-0.25, -0.2) is 4.68 Å². The van der Waals surface area contributed by atoms with Crippen LogP contribution >= 0.6 is 23.4 Å². The first-order chi connectivity index (χ1) is 12.0. The van der Waals surface area contributed by atoms with Gasteiger partial charge in [0.2, 0.25) is 11.1 Å². The number of aromatic nitrogens is 3. The minimum atomic E-state index is -0.0782. The van der Waals surface area contributed by atoms with Crippen LogP contribution in [0.2, 0.25) is 5.02 Å². The number of thioether (sulfide) groups is 1. The lowest BCUT2D eigenvalue weighted by atomic mass is 10.2. The first kappa shape index (κ1) is 19.6. The van der Waals surface area contributed by atoms with E-state index in [2.05, 4.69) is 15.5 Å². The number of hydrogen-bond acceptors (Lipinski definition) is 6. The molecule has 0 saturated heterocycles. The molecule has 0 atom stereocenters. The van der Waals surface area contributed by atoms with E-state index in [4.69, 9.17) is 22.2 Å². The molecular weight excluding hydrogens is 362 g/mol. The largest absolute Gasteiger partial charge is 0.379 e. The second-order valence-corrected chi connectivity index (χ2v) is 6.97. The van der Waals surface area contributed by atoms with Gasteiger partial charge in [0, 0.05) is 23.7 Å². The molecule has 1 aromatic heterocycles. The Bertz CT molecular complexity index is 690. The van der Waals surface area contributed by atoms with Gasteiger partial charge in [0.25, 0.3) is 0 Å². The summed E-state index contributed by atoms with van der Waals surface area (Å²) in [6.45, 7) is 5.18. The van der Waals surface area contributed by atoms with Crippen molar-refractivity contribution in [1.29, 1.82) is 0 Å². The Morgan fingerprint density at radius 3 is 2.76 bits per heavy atom. The quantitative estimate of drug-likeness (QED) is 0.392. The van der Waals surface area contributed by atoms with Crippen molar-refractivity contribution in [2.24, 2.45) is 0 Å². The number of carbonyl (C=O) groups is 1. The maximum Gasteiger partial charge on any atom is 0.230 e.